The van der Waals surface area contributed by atoms with Crippen LogP contribution in [0.4, 0.5) is 4.79 Å². The van der Waals surface area contributed by atoms with E-state index >= 15 is 0 Å². The molecule has 4 atom stereocenters. The maximum Gasteiger partial charge on any atom is 0.333 e. The average Bonchev–Trinajstić information content (AvgIpc) is 3.46. The van der Waals surface area contributed by atoms with Crippen molar-refractivity contribution in [1.82, 2.24) is 10.2 Å². The number of imide groups is 1. The molecule has 3 aliphatic carbocycles. The van der Waals surface area contributed by atoms with E-state index in [-0.39, 0.29) is 49.7 Å². The van der Waals surface area contributed by atoms with Crippen LogP contribution in [-0.2, 0) is 23.9 Å². The molecule has 0 aromatic carbocycles. The molecular weight excluding hydrogens is 412 g/mol. The Bertz CT molecular complexity index is 778. The third-order valence-corrected chi connectivity index (χ3v) is 7.38. The van der Waals surface area contributed by atoms with Crippen molar-refractivity contribution < 1.29 is 28.7 Å². The maximum absolute atomic E-state index is 13.8. The third-order valence-electron chi connectivity index (χ3n) is 7.38. The fourth-order valence-corrected chi connectivity index (χ4v) is 5.90. The van der Waals surface area contributed by atoms with Crippen LogP contribution in [0.15, 0.2) is 12.2 Å². The summed E-state index contributed by atoms with van der Waals surface area (Å²) in [5, 5.41) is 2.68. The van der Waals surface area contributed by atoms with Gasteiger partial charge in [-0.25, -0.2) is 9.59 Å². The minimum Gasteiger partial charge on any atom is -0.464 e. The summed E-state index contributed by atoms with van der Waals surface area (Å²) in [6, 6.07) is -0.541. The Morgan fingerprint density at radius 2 is 1.88 bits per heavy atom. The van der Waals surface area contributed by atoms with Gasteiger partial charge < -0.3 is 14.8 Å². The van der Waals surface area contributed by atoms with Crippen molar-refractivity contribution >= 4 is 23.9 Å². The van der Waals surface area contributed by atoms with Gasteiger partial charge in [-0.1, -0.05) is 26.8 Å². The van der Waals surface area contributed by atoms with Crippen molar-refractivity contribution in [3.05, 3.63) is 12.2 Å². The molecule has 0 aliphatic heterocycles. The number of urea groups is 1. The Balaban J connectivity index is 1.65. The Morgan fingerprint density at radius 1 is 1.12 bits per heavy atom. The average molecular weight is 449 g/mol. The van der Waals surface area contributed by atoms with Gasteiger partial charge in [0.15, 0.2) is 0 Å². The highest BCUT2D eigenvalue weighted by molar-refractivity contribution is 5.98. The fraction of sp³-hybridized carbons (Fsp3) is 0.750. The molecule has 8 nitrogen and oxygen atoms in total. The molecule has 0 spiro atoms. The summed E-state index contributed by atoms with van der Waals surface area (Å²) < 4.78 is 10.3. The predicted molar refractivity (Wildman–Crippen MR) is 117 cm³/mol. The first-order valence-electron chi connectivity index (χ1n) is 11.8. The van der Waals surface area contributed by atoms with Gasteiger partial charge in [-0.2, -0.15) is 0 Å². The number of hydrogen-bond acceptors (Lipinski definition) is 6. The quantitative estimate of drug-likeness (QED) is 0.330. The number of ether oxygens (including phenoxy) is 2. The monoisotopic (exact) mass is 448 g/mol. The molecular formula is C24H36N2O6. The lowest BCUT2D eigenvalue weighted by Crippen LogP contribution is -2.53. The van der Waals surface area contributed by atoms with E-state index < -0.39 is 17.4 Å². The van der Waals surface area contributed by atoms with E-state index in [1.54, 1.807) is 20.8 Å². The van der Waals surface area contributed by atoms with Crippen molar-refractivity contribution in [2.75, 3.05) is 26.3 Å². The fourth-order valence-electron chi connectivity index (χ4n) is 5.90. The summed E-state index contributed by atoms with van der Waals surface area (Å²) in [7, 11) is 0. The van der Waals surface area contributed by atoms with Crippen molar-refractivity contribution in [1.29, 1.82) is 0 Å². The van der Waals surface area contributed by atoms with Crippen molar-refractivity contribution in [2.45, 2.75) is 59.3 Å². The molecule has 3 amide bonds. The number of carbonyl (C=O) groups excluding carboxylic acids is 4. The van der Waals surface area contributed by atoms with Gasteiger partial charge in [0.05, 0.1) is 24.4 Å². The van der Waals surface area contributed by atoms with E-state index in [9.17, 15) is 19.2 Å². The van der Waals surface area contributed by atoms with Crippen LogP contribution in [0.2, 0.25) is 0 Å². The lowest BCUT2D eigenvalue weighted by Gasteiger charge is -2.38. The second-order valence-electron chi connectivity index (χ2n) is 9.79. The summed E-state index contributed by atoms with van der Waals surface area (Å²) >= 11 is 0. The first-order chi connectivity index (χ1) is 15.2. The summed E-state index contributed by atoms with van der Waals surface area (Å²) in [6.45, 7) is 8.58. The van der Waals surface area contributed by atoms with Crippen LogP contribution in [0.25, 0.3) is 0 Å². The highest BCUT2D eigenvalue weighted by atomic mass is 16.5. The zero-order chi connectivity index (χ0) is 23.5. The van der Waals surface area contributed by atoms with E-state index in [1.165, 1.54) is 11.3 Å². The van der Waals surface area contributed by atoms with Crippen LogP contribution >= 0.6 is 0 Å². The molecule has 0 radical (unpaired) electrons. The standard InChI is InChI=1S/C24H36N2O6/c1-15(2)20(27)31-12-10-25-23(30)26(11-13-32-21(28)16(3)4)22(29)24-9-8-17(14-24)18-6-5-7-19(18)24/h16-19H,1,5-14H2,2-4H3,(H,25,30). The van der Waals surface area contributed by atoms with Gasteiger partial charge in [0.1, 0.15) is 13.2 Å². The molecule has 3 aliphatic rings. The predicted octanol–water partition coefficient (Wildman–Crippen LogP) is 3.06. The van der Waals surface area contributed by atoms with E-state index in [0.717, 1.165) is 32.1 Å². The van der Waals surface area contributed by atoms with Gasteiger partial charge in [-0.05, 0) is 56.8 Å². The number of rotatable bonds is 9. The molecule has 4 unspecified atom stereocenters. The highest BCUT2D eigenvalue weighted by Crippen LogP contribution is 2.66. The van der Waals surface area contributed by atoms with E-state index in [2.05, 4.69) is 11.9 Å². The largest absolute Gasteiger partial charge is 0.464 e. The molecule has 3 fully saturated rings. The first-order valence-corrected chi connectivity index (χ1v) is 11.8. The SMILES string of the molecule is C=C(C)C(=O)OCCNC(=O)N(CCOC(=O)C(C)C)C(=O)C12CCC(C1)C1CCCC12. The van der Waals surface area contributed by atoms with Crippen LogP contribution in [0, 0.1) is 29.1 Å². The minimum atomic E-state index is -0.541. The van der Waals surface area contributed by atoms with Gasteiger partial charge in [-0.3, -0.25) is 14.5 Å². The topological polar surface area (TPSA) is 102 Å². The molecule has 3 rings (SSSR count). The second-order valence-corrected chi connectivity index (χ2v) is 9.79. The maximum atomic E-state index is 13.8. The van der Waals surface area contributed by atoms with Crippen molar-refractivity contribution in [2.24, 2.45) is 29.1 Å². The third kappa shape index (κ3) is 4.84. The molecule has 0 aromatic heterocycles. The lowest BCUT2D eigenvalue weighted by atomic mass is 9.71. The van der Waals surface area contributed by atoms with Crippen LogP contribution in [0.5, 0.6) is 0 Å². The molecule has 8 heteroatoms. The van der Waals surface area contributed by atoms with Gasteiger partial charge in [0.25, 0.3) is 0 Å². The number of fused-ring (bicyclic) bond motifs is 5. The summed E-state index contributed by atoms with van der Waals surface area (Å²) in [5.74, 6) is 0.210. The van der Waals surface area contributed by atoms with E-state index in [4.69, 9.17) is 9.47 Å². The zero-order valence-corrected chi connectivity index (χ0v) is 19.5. The Hall–Kier alpha value is -2.38. The van der Waals surface area contributed by atoms with Gasteiger partial charge >= 0.3 is 18.0 Å². The zero-order valence-electron chi connectivity index (χ0n) is 19.5. The normalized spacial score (nSPS) is 27.7. The van der Waals surface area contributed by atoms with Gasteiger partial charge in [0, 0.05) is 5.57 Å². The van der Waals surface area contributed by atoms with Gasteiger partial charge in [-0.15, -0.1) is 0 Å². The summed E-state index contributed by atoms with van der Waals surface area (Å²) in [4.78, 5) is 51.3. The number of esters is 2. The number of nitrogens with zero attached hydrogens (tertiary/aromatic N) is 1. The van der Waals surface area contributed by atoms with E-state index in [1.807, 2.05) is 0 Å². The smallest absolute Gasteiger partial charge is 0.333 e. The molecule has 3 saturated carbocycles. The van der Waals surface area contributed by atoms with Gasteiger partial charge in [0.2, 0.25) is 5.91 Å². The number of amides is 3. The molecule has 0 aromatic rings. The Kier molecular flexibility index (Phi) is 7.62. The Morgan fingerprint density at radius 3 is 2.56 bits per heavy atom. The summed E-state index contributed by atoms with van der Waals surface area (Å²) in [5.41, 5.74) is -0.195. The molecule has 2 bridgehead atoms. The van der Waals surface area contributed by atoms with Crippen LogP contribution in [0.1, 0.15) is 59.3 Å². The van der Waals surface area contributed by atoms with Crippen molar-refractivity contribution in [3.8, 4) is 0 Å². The molecule has 32 heavy (non-hydrogen) atoms. The number of hydrogen-bond donors (Lipinski definition) is 1. The molecule has 1 N–H and O–H groups in total. The van der Waals surface area contributed by atoms with Crippen molar-refractivity contribution in [3.63, 3.8) is 0 Å². The molecule has 0 heterocycles. The summed E-state index contributed by atoms with van der Waals surface area (Å²) in [6.07, 6.45) is 6.09. The number of nitrogens with one attached hydrogen (secondary N) is 1. The van der Waals surface area contributed by atoms with Crippen LogP contribution < -0.4 is 5.32 Å². The first kappa shape index (κ1) is 24.3. The minimum absolute atomic E-state index is 0.0124. The Labute approximate surface area is 190 Å². The molecule has 178 valence electrons. The highest BCUT2D eigenvalue weighted by Gasteiger charge is 2.63. The second kappa shape index (κ2) is 10.0. The molecule has 0 saturated heterocycles. The lowest BCUT2D eigenvalue weighted by molar-refractivity contribution is -0.150. The van der Waals surface area contributed by atoms with Crippen LogP contribution in [-0.4, -0.2) is 55.1 Å². The van der Waals surface area contributed by atoms with E-state index in [0.29, 0.717) is 17.8 Å². The van der Waals surface area contributed by atoms with Crippen LogP contribution in [0.3, 0.4) is 0 Å². The number of carbonyl (C=O) groups is 4.